The van der Waals surface area contributed by atoms with Gasteiger partial charge in [-0.15, -0.1) is 0 Å². The quantitative estimate of drug-likeness (QED) is 0.373. The number of benzene rings is 4. The molecular formula is C18H11. The van der Waals surface area contributed by atoms with Crippen LogP contribution in [0.15, 0.2) is 66.7 Å². The lowest BCUT2D eigenvalue weighted by Crippen LogP contribution is -1.80. The van der Waals surface area contributed by atoms with Crippen molar-refractivity contribution in [1.29, 1.82) is 0 Å². The topological polar surface area (TPSA) is 0 Å². The van der Waals surface area contributed by atoms with Crippen LogP contribution < -0.4 is 0 Å². The van der Waals surface area contributed by atoms with Crippen LogP contribution in [0.3, 0.4) is 0 Å². The molecule has 0 unspecified atom stereocenters. The first-order valence-electron chi connectivity index (χ1n) is 6.14. The van der Waals surface area contributed by atoms with Crippen LogP contribution in [0.5, 0.6) is 0 Å². The van der Waals surface area contributed by atoms with Gasteiger partial charge in [-0.1, -0.05) is 60.7 Å². The van der Waals surface area contributed by atoms with Crippen LogP contribution in [0.4, 0.5) is 0 Å². The summed E-state index contributed by atoms with van der Waals surface area (Å²) in [5.74, 6) is 0. The van der Waals surface area contributed by atoms with E-state index < -0.39 is 0 Å². The van der Waals surface area contributed by atoms with Crippen molar-refractivity contribution in [2.75, 3.05) is 0 Å². The molecule has 4 rings (SSSR count). The van der Waals surface area contributed by atoms with Crippen LogP contribution in [0.1, 0.15) is 0 Å². The van der Waals surface area contributed by atoms with Gasteiger partial charge in [0.25, 0.3) is 0 Å². The Hall–Kier alpha value is -2.34. The van der Waals surface area contributed by atoms with E-state index in [1.807, 2.05) is 0 Å². The maximum atomic E-state index is 3.36. The van der Waals surface area contributed by atoms with Gasteiger partial charge in [0, 0.05) is 0 Å². The Bertz CT molecular complexity index is 802. The number of rotatable bonds is 0. The normalized spacial score (nSPS) is 11.3. The van der Waals surface area contributed by atoms with Crippen molar-refractivity contribution in [2.45, 2.75) is 0 Å². The summed E-state index contributed by atoms with van der Waals surface area (Å²) in [6.07, 6.45) is 0. The Morgan fingerprint density at radius 1 is 0.611 bits per heavy atom. The third-order valence-corrected chi connectivity index (χ3v) is 3.54. The predicted molar refractivity (Wildman–Crippen MR) is 77.8 cm³/mol. The molecule has 0 aromatic heterocycles. The fourth-order valence-corrected chi connectivity index (χ4v) is 2.69. The highest BCUT2D eigenvalue weighted by molar-refractivity contribution is 6.19. The summed E-state index contributed by atoms with van der Waals surface area (Å²) >= 11 is 0. The van der Waals surface area contributed by atoms with Crippen molar-refractivity contribution in [3.05, 3.63) is 72.8 Å². The molecule has 0 spiro atoms. The molecule has 0 aliphatic carbocycles. The molecular weight excluding hydrogens is 216 g/mol. The van der Waals surface area contributed by atoms with Crippen LogP contribution >= 0.6 is 0 Å². The van der Waals surface area contributed by atoms with Crippen LogP contribution in [-0.2, 0) is 0 Å². The van der Waals surface area contributed by atoms with Crippen LogP contribution in [-0.4, -0.2) is 0 Å². The van der Waals surface area contributed by atoms with Crippen LogP contribution in [0, 0.1) is 6.07 Å². The minimum atomic E-state index is 1.18. The minimum absolute atomic E-state index is 1.18. The van der Waals surface area contributed by atoms with Gasteiger partial charge in [-0.3, -0.25) is 0 Å². The van der Waals surface area contributed by atoms with Crippen molar-refractivity contribution in [3.63, 3.8) is 0 Å². The van der Waals surface area contributed by atoms with Crippen LogP contribution in [0.2, 0.25) is 0 Å². The van der Waals surface area contributed by atoms with E-state index in [1.54, 1.807) is 0 Å². The van der Waals surface area contributed by atoms with E-state index in [2.05, 4.69) is 72.8 Å². The molecule has 0 atom stereocenters. The average Bonchev–Trinajstić information content (AvgIpc) is 2.46. The van der Waals surface area contributed by atoms with Gasteiger partial charge in [0.15, 0.2) is 0 Å². The Morgan fingerprint density at radius 3 is 2.28 bits per heavy atom. The van der Waals surface area contributed by atoms with Gasteiger partial charge in [-0.2, -0.15) is 0 Å². The average molecular weight is 227 g/mol. The molecule has 0 aliphatic heterocycles. The van der Waals surface area contributed by atoms with Crippen molar-refractivity contribution in [2.24, 2.45) is 0 Å². The second-order valence-electron chi connectivity index (χ2n) is 4.59. The first kappa shape index (κ1) is 9.67. The van der Waals surface area contributed by atoms with E-state index in [-0.39, 0.29) is 0 Å². The summed E-state index contributed by atoms with van der Waals surface area (Å²) in [4.78, 5) is 0. The first-order chi connectivity index (χ1) is 8.93. The monoisotopic (exact) mass is 227 g/mol. The molecule has 1 radical (unpaired) electrons. The van der Waals surface area contributed by atoms with Crippen molar-refractivity contribution in [1.82, 2.24) is 0 Å². The summed E-state index contributed by atoms with van der Waals surface area (Å²) in [5, 5.41) is 7.67. The van der Waals surface area contributed by atoms with Gasteiger partial charge >= 0.3 is 0 Å². The fourth-order valence-electron chi connectivity index (χ4n) is 2.69. The molecule has 0 saturated carbocycles. The Labute approximate surface area is 105 Å². The highest BCUT2D eigenvalue weighted by Gasteiger charge is 2.04. The number of hydrogen-bond donors (Lipinski definition) is 0. The molecule has 0 saturated heterocycles. The fraction of sp³-hybridized carbons (Fsp3) is 0. The Balaban J connectivity index is 2.38. The molecule has 0 bridgehead atoms. The lowest BCUT2D eigenvalue weighted by Gasteiger charge is -2.07. The van der Waals surface area contributed by atoms with Crippen molar-refractivity contribution < 1.29 is 0 Å². The van der Waals surface area contributed by atoms with E-state index in [0.29, 0.717) is 0 Å². The zero-order valence-corrected chi connectivity index (χ0v) is 9.85. The lowest BCUT2D eigenvalue weighted by molar-refractivity contribution is 1.77. The zero-order valence-electron chi connectivity index (χ0n) is 9.85. The van der Waals surface area contributed by atoms with Gasteiger partial charge in [-0.25, -0.2) is 0 Å². The van der Waals surface area contributed by atoms with Gasteiger partial charge in [0.1, 0.15) is 0 Å². The van der Waals surface area contributed by atoms with Crippen molar-refractivity contribution >= 4 is 32.3 Å². The second-order valence-corrected chi connectivity index (χ2v) is 4.59. The summed E-state index contributed by atoms with van der Waals surface area (Å²) in [7, 11) is 0. The maximum Gasteiger partial charge on any atom is -0.00264 e. The third-order valence-electron chi connectivity index (χ3n) is 3.54. The maximum absolute atomic E-state index is 3.36. The second kappa shape index (κ2) is 3.58. The minimum Gasteiger partial charge on any atom is -0.0616 e. The zero-order chi connectivity index (χ0) is 11.9. The highest BCUT2D eigenvalue weighted by atomic mass is 14.1. The molecule has 0 N–H and O–H groups in total. The SMILES string of the molecule is [c]1cc2ccc3ccccc3c2c2ccccc12. The highest BCUT2D eigenvalue weighted by Crippen LogP contribution is 2.31. The van der Waals surface area contributed by atoms with E-state index in [9.17, 15) is 0 Å². The smallest absolute Gasteiger partial charge is 0.00264 e. The third kappa shape index (κ3) is 1.26. The predicted octanol–water partition coefficient (Wildman–Crippen LogP) is 4.95. The molecule has 0 fully saturated rings. The first-order valence-corrected chi connectivity index (χ1v) is 6.14. The molecule has 0 heteroatoms. The van der Waals surface area contributed by atoms with Gasteiger partial charge in [0.2, 0.25) is 0 Å². The van der Waals surface area contributed by atoms with Gasteiger partial charge in [0.05, 0.1) is 0 Å². The van der Waals surface area contributed by atoms with Crippen LogP contribution in [0.25, 0.3) is 32.3 Å². The van der Waals surface area contributed by atoms with Gasteiger partial charge < -0.3 is 0 Å². The Morgan fingerprint density at radius 2 is 1.33 bits per heavy atom. The summed E-state index contributed by atoms with van der Waals surface area (Å²) in [6, 6.07) is 26.8. The van der Waals surface area contributed by atoms with E-state index >= 15 is 0 Å². The number of hydrogen-bond acceptors (Lipinski definition) is 0. The molecule has 4 aromatic rings. The van der Waals surface area contributed by atoms with E-state index in [4.69, 9.17) is 0 Å². The lowest BCUT2D eigenvalue weighted by atomic mass is 9.97. The summed E-state index contributed by atoms with van der Waals surface area (Å²) in [6.45, 7) is 0. The number of fused-ring (bicyclic) bond motifs is 5. The summed E-state index contributed by atoms with van der Waals surface area (Å²) in [5.41, 5.74) is 0. The largest absolute Gasteiger partial charge is 0.0616 e. The molecule has 18 heavy (non-hydrogen) atoms. The summed E-state index contributed by atoms with van der Waals surface area (Å²) < 4.78 is 0. The molecule has 0 nitrogen and oxygen atoms in total. The van der Waals surface area contributed by atoms with E-state index in [1.165, 1.54) is 32.3 Å². The Kier molecular flexibility index (Phi) is 1.92. The molecule has 0 amide bonds. The molecule has 83 valence electrons. The molecule has 0 heterocycles. The standard InChI is InChI=1S/C18H11/c1-3-7-16-13(5-1)9-11-15-12-10-14-6-2-4-8-17(14)18(15)16/h1-9,11-12H. The van der Waals surface area contributed by atoms with Gasteiger partial charge in [-0.05, 0) is 44.5 Å². The molecule has 4 aromatic carbocycles. The van der Waals surface area contributed by atoms with Crippen molar-refractivity contribution in [3.8, 4) is 0 Å². The van der Waals surface area contributed by atoms with E-state index in [0.717, 1.165) is 0 Å². The molecule has 0 aliphatic rings.